The second-order valence-corrected chi connectivity index (χ2v) is 5.30. The Morgan fingerprint density at radius 2 is 1.94 bits per heavy atom. The highest BCUT2D eigenvalue weighted by Gasteiger charge is 2.34. The number of hydrogen-bond acceptors (Lipinski definition) is 2. The molecule has 100 valence electrons. The summed E-state index contributed by atoms with van der Waals surface area (Å²) in [4.78, 5) is 12.7. The molecule has 0 amide bonds. The lowest BCUT2D eigenvalue weighted by atomic mass is 9.87. The van der Waals surface area contributed by atoms with E-state index < -0.39 is 17.3 Å². The highest BCUT2D eigenvalue weighted by atomic mass is 35.5. The van der Waals surface area contributed by atoms with Gasteiger partial charge < -0.3 is 5.11 Å². The molecule has 6 heteroatoms. The topological polar surface area (TPSA) is 40.5 Å². The summed E-state index contributed by atoms with van der Waals surface area (Å²) in [5, 5.41) is 9.15. The standard InChI is InChI=1S/C12H14Cl2FNO2/c1-12(16(2)3,6-11(17)18)7-4-10(15)9(14)5-8(7)13/h4-5H,6H2,1-3H3,(H,17,18). The molecule has 0 aliphatic carbocycles. The van der Waals surface area contributed by atoms with E-state index in [0.29, 0.717) is 5.56 Å². The van der Waals surface area contributed by atoms with Gasteiger partial charge in [0.05, 0.1) is 17.0 Å². The van der Waals surface area contributed by atoms with Gasteiger partial charge in [-0.05, 0) is 38.7 Å². The van der Waals surface area contributed by atoms with Gasteiger partial charge in [0.1, 0.15) is 5.82 Å². The number of halogens is 3. The van der Waals surface area contributed by atoms with Gasteiger partial charge in [-0.15, -0.1) is 0 Å². The van der Waals surface area contributed by atoms with Crippen molar-refractivity contribution in [3.8, 4) is 0 Å². The normalized spacial score (nSPS) is 14.6. The summed E-state index contributed by atoms with van der Waals surface area (Å²) in [6.45, 7) is 1.69. The van der Waals surface area contributed by atoms with Crippen LogP contribution in [0.25, 0.3) is 0 Å². The summed E-state index contributed by atoms with van der Waals surface area (Å²) in [6, 6.07) is 2.48. The fraction of sp³-hybridized carbons (Fsp3) is 0.417. The molecule has 1 N–H and O–H groups in total. The van der Waals surface area contributed by atoms with Gasteiger partial charge in [0, 0.05) is 5.02 Å². The van der Waals surface area contributed by atoms with Crippen molar-refractivity contribution in [1.82, 2.24) is 4.90 Å². The van der Waals surface area contributed by atoms with Crippen LogP contribution < -0.4 is 0 Å². The van der Waals surface area contributed by atoms with E-state index in [1.54, 1.807) is 25.9 Å². The molecule has 1 aromatic rings. The first kappa shape index (κ1) is 15.2. The number of carbonyl (C=O) groups is 1. The maximum Gasteiger partial charge on any atom is 0.305 e. The van der Waals surface area contributed by atoms with Crippen molar-refractivity contribution in [1.29, 1.82) is 0 Å². The molecule has 1 aromatic carbocycles. The van der Waals surface area contributed by atoms with Crippen LogP contribution in [0.4, 0.5) is 4.39 Å². The molecule has 18 heavy (non-hydrogen) atoms. The molecule has 0 heterocycles. The van der Waals surface area contributed by atoms with Crippen molar-refractivity contribution >= 4 is 29.2 Å². The molecule has 0 spiro atoms. The van der Waals surface area contributed by atoms with Crippen LogP contribution in [0, 0.1) is 5.82 Å². The number of hydrogen-bond donors (Lipinski definition) is 1. The van der Waals surface area contributed by atoms with E-state index >= 15 is 0 Å². The molecule has 1 unspecified atom stereocenters. The van der Waals surface area contributed by atoms with Crippen LogP contribution in [0.1, 0.15) is 18.9 Å². The van der Waals surface area contributed by atoms with Gasteiger partial charge in [-0.1, -0.05) is 23.2 Å². The number of carboxylic acid groups (broad SMARTS) is 1. The zero-order chi connectivity index (χ0) is 14.1. The van der Waals surface area contributed by atoms with Crippen molar-refractivity contribution in [2.75, 3.05) is 14.1 Å². The Bertz CT molecular complexity index is 479. The van der Waals surface area contributed by atoms with Crippen molar-refractivity contribution < 1.29 is 14.3 Å². The molecule has 0 fully saturated rings. The summed E-state index contributed by atoms with van der Waals surface area (Å²) in [7, 11) is 3.43. The first-order valence-electron chi connectivity index (χ1n) is 5.22. The quantitative estimate of drug-likeness (QED) is 0.865. The van der Waals surface area contributed by atoms with Gasteiger partial charge >= 0.3 is 5.97 Å². The summed E-state index contributed by atoms with van der Waals surface area (Å²) in [6.07, 6.45) is -0.194. The minimum absolute atomic E-state index is 0.0832. The molecule has 1 rings (SSSR count). The lowest BCUT2D eigenvalue weighted by molar-refractivity contribution is -0.140. The zero-order valence-corrected chi connectivity index (χ0v) is 11.8. The summed E-state index contributed by atoms with van der Waals surface area (Å²) in [5.41, 5.74) is -0.507. The first-order chi connectivity index (χ1) is 8.18. The highest BCUT2D eigenvalue weighted by Crippen LogP contribution is 2.37. The Labute approximate surface area is 115 Å². The minimum Gasteiger partial charge on any atom is -0.481 e. The van der Waals surface area contributed by atoms with Crippen molar-refractivity contribution in [3.05, 3.63) is 33.6 Å². The van der Waals surface area contributed by atoms with Crippen molar-refractivity contribution in [2.24, 2.45) is 0 Å². The second kappa shape index (κ2) is 5.43. The van der Waals surface area contributed by atoms with E-state index in [-0.39, 0.29) is 16.5 Å². The van der Waals surface area contributed by atoms with E-state index in [1.807, 2.05) is 0 Å². The number of carboxylic acids is 1. The fourth-order valence-electron chi connectivity index (χ4n) is 1.72. The largest absolute Gasteiger partial charge is 0.481 e. The van der Waals surface area contributed by atoms with Crippen LogP contribution in [-0.4, -0.2) is 30.1 Å². The Morgan fingerprint density at radius 1 is 1.39 bits per heavy atom. The molecule has 0 aromatic heterocycles. The van der Waals surface area contributed by atoms with Crippen molar-refractivity contribution in [2.45, 2.75) is 18.9 Å². The van der Waals surface area contributed by atoms with Crippen LogP contribution in [0.15, 0.2) is 12.1 Å². The van der Waals surface area contributed by atoms with Crippen molar-refractivity contribution in [3.63, 3.8) is 0 Å². The lowest BCUT2D eigenvalue weighted by Crippen LogP contribution is -2.40. The Balaban J connectivity index is 3.39. The molecule has 3 nitrogen and oxygen atoms in total. The maximum absolute atomic E-state index is 13.5. The molecule has 0 aliphatic rings. The van der Waals surface area contributed by atoms with E-state index in [2.05, 4.69) is 0 Å². The smallest absolute Gasteiger partial charge is 0.305 e. The molecule has 0 saturated heterocycles. The number of nitrogens with zero attached hydrogens (tertiary/aromatic N) is 1. The summed E-state index contributed by atoms with van der Waals surface area (Å²) >= 11 is 11.7. The van der Waals surface area contributed by atoms with E-state index in [0.717, 1.165) is 0 Å². The van der Waals surface area contributed by atoms with Gasteiger partial charge in [-0.3, -0.25) is 9.69 Å². The molecule has 0 aliphatic heterocycles. The molecule has 0 radical (unpaired) electrons. The first-order valence-corrected chi connectivity index (χ1v) is 5.98. The van der Waals surface area contributed by atoms with E-state index in [4.69, 9.17) is 28.3 Å². The highest BCUT2D eigenvalue weighted by molar-refractivity contribution is 6.35. The Kier molecular flexibility index (Phi) is 4.59. The molecule has 0 bridgehead atoms. The Morgan fingerprint density at radius 3 is 2.39 bits per heavy atom. The average molecular weight is 294 g/mol. The third-order valence-corrected chi connectivity index (χ3v) is 3.68. The van der Waals surface area contributed by atoms with Crippen LogP contribution in [0.5, 0.6) is 0 Å². The van der Waals surface area contributed by atoms with Gasteiger partial charge in [-0.2, -0.15) is 0 Å². The number of benzene rings is 1. The third-order valence-electron chi connectivity index (χ3n) is 3.07. The van der Waals surface area contributed by atoms with Crippen LogP contribution in [-0.2, 0) is 10.3 Å². The van der Waals surface area contributed by atoms with Gasteiger partial charge in [0.2, 0.25) is 0 Å². The van der Waals surface area contributed by atoms with Crippen LogP contribution in [0.2, 0.25) is 10.0 Å². The van der Waals surface area contributed by atoms with Crippen LogP contribution in [0.3, 0.4) is 0 Å². The SMILES string of the molecule is CN(C)C(C)(CC(=O)O)c1cc(F)c(Cl)cc1Cl. The predicted molar refractivity (Wildman–Crippen MR) is 69.7 cm³/mol. The second-order valence-electron chi connectivity index (χ2n) is 4.48. The maximum atomic E-state index is 13.5. The fourth-order valence-corrected chi connectivity index (χ4v) is 2.31. The molecule has 0 saturated carbocycles. The monoisotopic (exact) mass is 293 g/mol. The minimum atomic E-state index is -0.988. The zero-order valence-electron chi connectivity index (χ0n) is 10.3. The average Bonchev–Trinajstić information content (AvgIpc) is 2.21. The van der Waals surface area contributed by atoms with Gasteiger partial charge in [0.25, 0.3) is 0 Å². The molecular formula is C12H14Cl2FNO2. The van der Waals surface area contributed by atoms with E-state index in [1.165, 1.54) is 12.1 Å². The van der Waals surface area contributed by atoms with Gasteiger partial charge in [0.15, 0.2) is 0 Å². The summed E-state index contributed by atoms with van der Waals surface area (Å²) < 4.78 is 13.5. The summed E-state index contributed by atoms with van der Waals surface area (Å²) in [5.74, 6) is -1.60. The van der Waals surface area contributed by atoms with Crippen LogP contribution >= 0.6 is 23.2 Å². The lowest BCUT2D eigenvalue weighted by Gasteiger charge is -2.36. The number of rotatable bonds is 4. The predicted octanol–water partition coefficient (Wildman–Crippen LogP) is 3.38. The molecular weight excluding hydrogens is 280 g/mol. The third kappa shape index (κ3) is 2.94. The number of aliphatic carboxylic acids is 1. The van der Waals surface area contributed by atoms with E-state index in [9.17, 15) is 9.18 Å². The molecule has 1 atom stereocenters. The van der Waals surface area contributed by atoms with Gasteiger partial charge in [-0.25, -0.2) is 4.39 Å². The Hall–Kier alpha value is -0.840.